The summed E-state index contributed by atoms with van der Waals surface area (Å²) in [4.78, 5) is 26.1. The summed E-state index contributed by atoms with van der Waals surface area (Å²) in [6.07, 6.45) is 1.02. The van der Waals surface area contributed by atoms with Crippen molar-refractivity contribution in [2.75, 3.05) is 6.54 Å². The molecule has 1 aromatic heterocycles. The van der Waals surface area contributed by atoms with Gasteiger partial charge in [-0.2, -0.15) is 5.10 Å². The van der Waals surface area contributed by atoms with Crippen molar-refractivity contribution in [3.63, 3.8) is 0 Å². The summed E-state index contributed by atoms with van der Waals surface area (Å²) in [5.41, 5.74) is 8.11. The van der Waals surface area contributed by atoms with Crippen molar-refractivity contribution >= 4 is 34.3 Å². The van der Waals surface area contributed by atoms with Crippen LogP contribution in [0.4, 0.5) is 0 Å². The largest absolute Gasteiger partial charge is 0.364 e. The molecule has 1 aromatic carbocycles. The molecule has 0 radical (unpaired) electrons. The van der Waals surface area contributed by atoms with Gasteiger partial charge in [0, 0.05) is 24.9 Å². The molecule has 2 aromatic rings. The van der Waals surface area contributed by atoms with Crippen molar-refractivity contribution in [1.29, 1.82) is 0 Å². The highest BCUT2D eigenvalue weighted by atomic mass is 35.5. The molecule has 3 N–H and O–H groups in total. The topological polar surface area (TPSA) is 92.1 Å². The molecule has 2 amide bonds. The number of nitrogens with two attached hydrogens (primary N) is 1. The zero-order valence-electron chi connectivity index (χ0n) is 14.1. The zero-order valence-corrected chi connectivity index (χ0v) is 14.8. The van der Waals surface area contributed by atoms with Crippen molar-refractivity contribution in [1.82, 2.24) is 15.1 Å². The van der Waals surface area contributed by atoms with E-state index < -0.39 is 5.91 Å². The lowest BCUT2D eigenvalue weighted by Gasteiger charge is -2.29. The summed E-state index contributed by atoms with van der Waals surface area (Å²) >= 11 is 6.31. The van der Waals surface area contributed by atoms with Crippen LogP contribution in [0.5, 0.6) is 0 Å². The molecule has 0 saturated carbocycles. The fourth-order valence-electron chi connectivity index (χ4n) is 3.26. The van der Waals surface area contributed by atoms with Crippen LogP contribution < -0.4 is 5.73 Å². The predicted molar refractivity (Wildman–Crippen MR) is 92.8 cm³/mol. The second-order valence-electron chi connectivity index (χ2n) is 7.49. The number of primary amides is 1. The highest BCUT2D eigenvalue weighted by Crippen LogP contribution is 2.34. The first-order valence-corrected chi connectivity index (χ1v) is 8.31. The van der Waals surface area contributed by atoms with Crippen LogP contribution in [0.2, 0.25) is 5.02 Å². The lowest BCUT2D eigenvalue weighted by Crippen LogP contribution is -2.36. The van der Waals surface area contributed by atoms with Gasteiger partial charge in [0.25, 0.3) is 5.91 Å². The van der Waals surface area contributed by atoms with Gasteiger partial charge in [0.2, 0.25) is 5.91 Å². The van der Waals surface area contributed by atoms with Crippen LogP contribution in [0.3, 0.4) is 0 Å². The van der Waals surface area contributed by atoms with E-state index in [9.17, 15) is 9.59 Å². The van der Waals surface area contributed by atoms with Gasteiger partial charge >= 0.3 is 0 Å². The minimum absolute atomic E-state index is 0.0192. The second-order valence-corrected chi connectivity index (χ2v) is 7.90. The summed E-state index contributed by atoms with van der Waals surface area (Å²) in [6.45, 7) is 7.35. The molecule has 1 aliphatic rings. The first-order chi connectivity index (χ1) is 11.2. The number of halogens is 1. The van der Waals surface area contributed by atoms with Crippen LogP contribution in [0, 0.1) is 5.41 Å². The number of benzene rings is 1. The molecule has 6 nitrogen and oxygen atoms in total. The summed E-state index contributed by atoms with van der Waals surface area (Å²) < 4.78 is 0. The van der Waals surface area contributed by atoms with Gasteiger partial charge in [0.15, 0.2) is 0 Å². The summed E-state index contributed by atoms with van der Waals surface area (Å²) in [5, 5.41) is 7.92. The molecule has 0 fully saturated rings. The van der Waals surface area contributed by atoms with Gasteiger partial charge in [0.05, 0.1) is 5.02 Å². The number of amides is 2. The Kier molecular flexibility index (Phi) is 4.03. The number of carbonyl (C=O) groups excluding carboxylic acids is 2. The van der Waals surface area contributed by atoms with Gasteiger partial charge in [0.1, 0.15) is 11.2 Å². The third-order valence-corrected chi connectivity index (χ3v) is 4.49. The third-order valence-electron chi connectivity index (χ3n) is 4.20. The Bertz CT molecular complexity index is 835. The van der Waals surface area contributed by atoms with Gasteiger partial charge in [-0.1, -0.05) is 32.4 Å². The van der Waals surface area contributed by atoms with Crippen LogP contribution in [-0.4, -0.2) is 33.5 Å². The molecule has 0 aliphatic carbocycles. The first-order valence-electron chi connectivity index (χ1n) is 7.93. The Morgan fingerprint density at radius 1 is 1.42 bits per heavy atom. The Morgan fingerprint density at radius 3 is 2.75 bits per heavy atom. The summed E-state index contributed by atoms with van der Waals surface area (Å²) in [6, 6.07) is 1.85. The van der Waals surface area contributed by atoms with Gasteiger partial charge in [-0.15, -0.1) is 0 Å². The first kappa shape index (κ1) is 16.8. The molecule has 0 saturated heterocycles. The van der Waals surface area contributed by atoms with E-state index in [1.54, 1.807) is 0 Å². The summed E-state index contributed by atoms with van der Waals surface area (Å²) in [5.74, 6) is -0.477. The Hall–Kier alpha value is -2.08. The van der Waals surface area contributed by atoms with E-state index >= 15 is 0 Å². The average molecular weight is 349 g/mol. The van der Waals surface area contributed by atoms with Crippen LogP contribution in [0.1, 0.15) is 48.8 Å². The highest BCUT2D eigenvalue weighted by molar-refractivity contribution is 6.35. The van der Waals surface area contributed by atoms with Gasteiger partial charge in [-0.3, -0.25) is 14.7 Å². The maximum Gasteiger partial charge on any atom is 0.267 e. The predicted octanol–water partition coefficient (Wildman–Crippen LogP) is 2.64. The maximum atomic E-state index is 12.5. The molecule has 3 rings (SSSR count). The number of carbonyl (C=O) groups is 2. The number of hydrogen-bond donors (Lipinski definition) is 2. The van der Waals surface area contributed by atoms with Crippen molar-refractivity contribution in [2.45, 2.75) is 40.2 Å². The van der Waals surface area contributed by atoms with Gasteiger partial charge in [-0.05, 0) is 29.0 Å². The standard InChI is InChI=1S/C17H21ClN4O2/c1-17(2,3)8-22-7-10-9(4-5-12(22)23)6-11(18)14-13(10)15(16(19)24)21-20-14/h6H,4-5,7-8H2,1-3H3,(H2,19,24)(H,20,21). The van der Waals surface area contributed by atoms with E-state index in [1.807, 2.05) is 11.0 Å². The minimum Gasteiger partial charge on any atom is -0.364 e. The van der Waals surface area contributed by atoms with Crippen molar-refractivity contribution in [3.05, 3.63) is 27.9 Å². The van der Waals surface area contributed by atoms with E-state index in [4.69, 9.17) is 17.3 Å². The number of aryl methyl sites for hydroxylation is 1. The number of nitrogens with one attached hydrogen (secondary N) is 1. The molecule has 0 unspecified atom stereocenters. The van der Waals surface area contributed by atoms with Crippen LogP contribution in [0.15, 0.2) is 6.07 Å². The average Bonchev–Trinajstić information content (AvgIpc) is 2.85. The quantitative estimate of drug-likeness (QED) is 0.873. The van der Waals surface area contributed by atoms with E-state index in [0.29, 0.717) is 41.9 Å². The van der Waals surface area contributed by atoms with Crippen molar-refractivity contribution in [3.8, 4) is 0 Å². The molecule has 0 atom stereocenters. The molecule has 0 spiro atoms. The van der Waals surface area contributed by atoms with Crippen molar-refractivity contribution in [2.24, 2.45) is 11.1 Å². The van der Waals surface area contributed by atoms with E-state index in [2.05, 4.69) is 31.0 Å². The van der Waals surface area contributed by atoms with Gasteiger partial charge in [-0.25, -0.2) is 0 Å². The van der Waals surface area contributed by atoms with E-state index in [-0.39, 0.29) is 17.0 Å². The Labute approximate surface area is 145 Å². The number of H-pyrrole nitrogens is 1. The Morgan fingerprint density at radius 2 is 2.12 bits per heavy atom. The number of nitrogens with zero attached hydrogens (tertiary/aromatic N) is 2. The number of aromatic nitrogens is 2. The molecule has 24 heavy (non-hydrogen) atoms. The lowest BCUT2D eigenvalue weighted by atomic mass is 9.95. The molecular formula is C17H21ClN4O2. The zero-order chi connectivity index (χ0) is 17.6. The van der Waals surface area contributed by atoms with Crippen LogP contribution >= 0.6 is 11.6 Å². The molecule has 128 valence electrons. The van der Waals surface area contributed by atoms with Crippen LogP contribution in [0.25, 0.3) is 10.9 Å². The molecular weight excluding hydrogens is 328 g/mol. The number of hydrogen-bond acceptors (Lipinski definition) is 3. The normalized spacial score (nSPS) is 15.5. The lowest BCUT2D eigenvalue weighted by molar-refractivity contribution is -0.132. The summed E-state index contributed by atoms with van der Waals surface area (Å²) in [7, 11) is 0. The Balaban J connectivity index is 2.18. The van der Waals surface area contributed by atoms with E-state index in [0.717, 1.165) is 11.1 Å². The molecule has 7 heteroatoms. The highest BCUT2D eigenvalue weighted by Gasteiger charge is 2.28. The maximum absolute atomic E-state index is 12.5. The second kappa shape index (κ2) is 5.77. The van der Waals surface area contributed by atoms with Crippen LogP contribution in [-0.2, 0) is 17.8 Å². The molecule has 2 heterocycles. The smallest absolute Gasteiger partial charge is 0.267 e. The van der Waals surface area contributed by atoms with Crippen molar-refractivity contribution < 1.29 is 9.59 Å². The monoisotopic (exact) mass is 348 g/mol. The third kappa shape index (κ3) is 2.98. The fraction of sp³-hybridized carbons (Fsp3) is 0.471. The number of aromatic amines is 1. The fourth-order valence-corrected chi connectivity index (χ4v) is 3.52. The number of rotatable bonds is 2. The number of fused-ring (bicyclic) bond motifs is 3. The van der Waals surface area contributed by atoms with Gasteiger partial charge < -0.3 is 10.6 Å². The SMILES string of the molecule is CC(C)(C)CN1Cc2c(cc(Cl)c3n[nH]c(C(N)=O)c23)CCC1=O. The minimum atomic E-state index is -0.583. The van der Waals surface area contributed by atoms with E-state index in [1.165, 1.54) is 0 Å². The molecule has 0 bridgehead atoms. The molecule has 1 aliphatic heterocycles.